The average Bonchev–Trinajstić information content (AvgIpc) is 1.81. The Balaban J connectivity index is 3.72. The van der Waals surface area contributed by atoms with Gasteiger partial charge in [-0.25, -0.2) is 0 Å². The summed E-state index contributed by atoms with van der Waals surface area (Å²) in [6, 6.07) is -0.290. The Morgan fingerprint density at radius 2 is 2.20 bits per heavy atom. The van der Waals surface area contributed by atoms with Crippen LogP contribution in [0.1, 0.15) is 20.3 Å². The summed E-state index contributed by atoms with van der Waals surface area (Å²) in [6.45, 7) is 4.06. The second kappa shape index (κ2) is 5.63. The van der Waals surface area contributed by atoms with E-state index >= 15 is 0 Å². The summed E-state index contributed by atoms with van der Waals surface area (Å²) in [7, 11) is 0. The van der Waals surface area contributed by atoms with Gasteiger partial charge in [-0.2, -0.15) is 0 Å². The van der Waals surface area contributed by atoms with Crippen LogP contribution in [-0.4, -0.2) is 64.1 Å². The first-order valence-corrected chi connectivity index (χ1v) is 6.62. The van der Waals surface area contributed by atoms with Gasteiger partial charge in [0.25, 0.3) is 0 Å². The van der Waals surface area contributed by atoms with E-state index in [0.717, 1.165) is 6.42 Å². The quantitative estimate of drug-likeness (QED) is 0.700. The van der Waals surface area contributed by atoms with Gasteiger partial charge in [-0.3, -0.25) is 0 Å². The predicted octanol–water partition coefficient (Wildman–Crippen LogP) is -0.109. The number of rotatable bonds is 4. The van der Waals surface area contributed by atoms with Gasteiger partial charge in [0.2, 0.25) is 0 Å². The number of hydrogen-bond donors (Lipinski definition) is 2. The molecule has 0 aliphatic heterocycles. The van der Waals surface area contributed by atoms with E-state index in [1.165, 1.54) is 0 Å². The molecule has 0 saturated heterocycles. The van der Waals surface area contributed by atoms with Crippen LogP contribution >= 0.6 is 0 Å². The van der Waals surface area contributed by atoms with Gasteiger partial charge in [0.1, 0.15) is 0 Å². The van der Waals surface area contributed by atoms with E-state index in [1.807, 2.05) is 13.8 Å². The van der Waals surface area contributed by atoms with Gasteiger partial charge >= 0.3 is 95.4 Å². The van der Waals surface area contributed by atoms with Crippen molar-refractivity contribution in [3.8, 4) is 0 Å². The van der Waals surface area contributed by atoms with Gasteiger partial charge in [0.15, 0.2) is 0 Å². The van der Waals surface area contributed by atoms with Crippen LogP contribution in [-0.2, 0) is 4.79 Å². The van der Waals surface area contributed by atoms with Crippen molar-refractivity contribution >= 4 is 52.9 Å². The minimum atomic E-state index is -0.712. The fourth-order valence-corrected chi connectivity index (χ4v) is 2.33. The second-order valence-corrected chi connectivity index (χ2v) is 4.62. The number of nitrogens with one attached hydrogen (secondary N) is 1. The fraction of sp³-hybridized carbons (Fsp3) is 0.833. The molecule has 0 aromatic rings. The molecule has 0 saturated carbocycles. The van der Waals surface area contributed by atoms with Crippen LogP contribution in [0, 0.1) is 5.92 Å². The molecule has 1 atom stereocenters. The molecule has 0 fully saturated rings. The summed E-state index contributed by atoms with van der Waals surface area (Å²) in [5.74, 6) is -0.252. The normalized spacial score (nSPS) is 13.4. The zero-order chi connectivity index (χ0) is 8.15. The van der Waals surface area contributed by atoms with E-state index in [2.05, 4.69) is 0.329 Å². The molecule has 2 N–H and O–H groups in total. The van der Waals surface area contributed by atoms with Crippen LogP contribution in [0.2, 0.25) is 0 Å². The molecule has 0 rings (SSSR count). The molecule has 0 spiro atoms. The first-order chi connectivity index (χ1) is 4.57. The van der Waals surface area contributed by atoms with Crippen molar-refractivity contribution in [3.63, 3.8) is 0 Å². The summed E-state index contributed by atoms with van der Waals surface area (Å²) in [4.78, 5) is 10.4. The summed E-state index contributed by atoms with van der Waals surface area (Å²) in [6.07, 6.45) is 0.742. The fourth-order valence-electron chi connectivity index (χ4n) is 0.814. The Labute approximate surface area is 94.1 Å². The van der Waals surface area contributed by atoms with E-state index in [9.17, 15) is 4.79 Å². The van der Waals surface area contributed by atoms with Crippen LogP contribution in [0.15, 0.2) is 0 Å². The number of carboxylic acids is 1. The summed E-state index contributed by atoms with van der Waals surface area (Å²) >= 11 is 0.191. The third kappa shape index (κ3) is 4.76. The maximum absolute atomic E-state index is 10.4. The van der Waals surface area contributed by atoms with E-state index in [4.69, 9.17) is 5.11 Å². The molecular weight excluding hydrogens is 255 g/mol. The number of carbonyl (C=O) groups is 1. The van der Waals surface area contributed by atoms with E-state index < -0.39 is 5.97 Å². The third-order valence-corrected chi connectivity index (χ3v) is 3.54. The first-order valence-electron chi connectivity index (χ1n) is 3.48. The van der Waals surface area contributed by atoms with Crippen molar-refractivity contribution < 1.29 is 9.90 Å². The van der Waals surface area contributed by atoms with Gasteiger partial charge in [0, 0.05) is 0 Å². The predicted molar refractivity (Wildman–Crippen MR) is 41.2 cm³/mol. The standard InChI is InChI=1S/C6H12NO2.Ba.H/c1-4(2)3-5(7)6(8)9;;/h4-5,7H,3H2,1-2H3,(H,8,9);;/q-1;+1;/t5-;;/m0../s1. The molecule has 0 amide bonds. The summed E-state index contributed by atoms with van der Waals surface area (Å²) in [5.41, 5.74) is 0. The van der Waals surface area contributed by atoms with Gasteiger partial charge in [-0.05, 0) is 0 Å². The molecule has 0 aromatic heterocycles. The van der Waals surface area contributed by atoms with Crippen LogP contribution < -0.4 is 0.329 Å². The monoisotopic (exact) mass is 269 g/mol. The molecule has 0 aliphatic rings. The number of hydrogen-bond acceptors (Lipinski definition) is 2. The maximum atomic E-state index is 10.4. The van der Waals surface area contributed by atoms with Crippen molar-refractivity contribution in [2.45, 2.75) is 26.3 Å². The molecule has 0 aromatic carbocycles. The molecule has 10 heavy (non-hydrogen) atoms. The van der Waals surface area contributed by atoms with Crippen molar-refractivity contribution in [3.05, 3.63) is 0 Å². The van der Waals surface area contributed by atoms with Gasteiger partial charge in [0.05, 0.1) is 0 Å². The van der Waals surface area contributed by atoms with Crippen LogP contribution in [0.4, 0.5) is 0 Å². The van der Waals surface area contributed by atoms with Crippen molar-refractivity contribution in [2.24, 2.45) is 5.92 Å². The zero-order valence-corrected chi connectivity index (χ0v) is 13.0. The Morgan fingerprint density at radius 3 is 2.30 bits per heavy atom. The molecule has 0 bridgehead atoms. The molecule has 0 radical (unpaired) electrons. The van der Waals surface area contributed by atoms with Gasteiger partial charge < -0.3 is 0 Å². The van der Waals surface area contributed by atoms with Gasteiger partial charge in [-0.15, -0.1) is 0 Å². The Bertz CT molecular complexity index is 116. The van der Waals surface area contributed by atoms with Crippen molar-refractivity contribution in [1.29, 1.82) is 0 Å². The average molecular weight is 269 g/mol. The summed E-state index contributed by atoms with van der Waals surface area (Å²) in [5, 5.41) is 8.60. The Hall–Kier alpha value is 1.00. The van der Waals surface area contributed by atoms with Gasteiger partial charge in [-0.1, -0.05) is 0 Å². The van der Waals surface area contributed by atoms with Crippen LogP contribution in [0.25, 0.3) is 0 Å². The molecular formula is C6H13BaNO2. The SMILES string of the molecule is CC(C)C[C@H]([NH][BaH])C(=O)O. The number of aliphatic carboxylic acids is 1. The minimum absolute atomic E-state index is 0.191. The number of carboxylic acid groups (broad SMARTS) is 1. The molecule has 0 unspecified atom stereocenters. The Kier molecular flexibility index (Phi) is 6.19. The third-order valence-electron chi connectivity index (χ3n) is 1.35. The summed E-state index contributed by atoms with van der Waals surface area (Å²) < 4.78 is 2.96. The zero-order valence-electron chi connectivity index (χ0n) is 6.72. The first kappa shape index (κ1) is 11.0. The van der Waals surface area contributed by atoms with Crippen molar-refractivity contribution in [1.82, 2.24) is 0.329 Å². The van der Waals surface area contributed by atoms with Crippen LogP contribution in [0.3, 0.4) is 0 Å². The Morgan fingerprint density at radius 1 is 1.70 bits per heavy atom. The molecule has 56 valence electrons. The van der Waals surface area contributed by atoms with Crippen LogP contribution in [0.5, 0.6) is 0 Å². The second-order valence-electron chi connectivity index (χ2n) is 2.81. The topological polar surface area (TPSA) is 49.3 Å². The molecule has 3 nitrogen and oxygen atoms in total. The van der Waals surface area contributed by atoms with E-state index in [0.29, 0.717) is 5.92 Å². The molecule has 0 aliphatic carbocycles. The van der Waals surface area contributed by atoms with E-state index in [1.54, 1.807) is 0 Å². The van der Waals surface area contributed by atoms with Crippen molar-refractivity contribution in [2.75, 3.05) is 0 Å². The molecule has 4 heteroatoms. The molecule has 0 heterocycles. The van der Waals surface area contributed by atoms with E-state index in [-0.39, 0.29) is 53.0 Å².